The molecule has 5 nitrogen and oxygen atoms in total. The molecule has 0 spiro atoms. The Balaban J connectivity index is 1.95. The number of nitrogens with zero attached hydrogens (tertiary/aromatic N) is 1. The Morgan fingerprint density at radius 3 is 2.12 bits per heavy atom. The van der Waals surface area contributed by atoms with Crippen LogP contribution in [-0.2, 0) is 14.8 Å². The first-order valence-electron chi connectivity index (χ1n) is 10.1. The Morgan fingerprint density at radius 2 is 1.56 bits per heavy atom. The Bertz CT molecular complexity index is 1160. The van der Waals surface area contributed by atoms with Crippen molar-refractivity contribution in [2.24, 2.45) is 0 Å². The second kappa shape index (κ2) is 10.4. The first-order valence-corrected chi connectivity index (χ1v) is 12.3. The van der Waals surface area contributed by atoms with Crippen molar-refractivity contribution in [1.29, 1.82) is 0 Å². The van der Waals surface area contributed by atoms with E-state index in [1.54, 1.807) is 12.1 Å². The van der Waals surface area contributed by atoms with E-state index in [0.29, 0.717) is 6.42 Å². The lowest BCUT2D eigenvalue weighted by molar-refractivity contribution is -0.120. The van der Waals surface area contributed by atoms with E-state index in [2.05, 4.69) is 5.32 Å². The summed E-state index contributed by atoms with van der Waals surface area (Å²) in [5, 5.41) is 3.48. The average molecular weight is 491 g/mol. The number of halogens is 2. The first kappa shape index (κ1) is 24.1. The minimum absolute atomic E-state index is 0.0714. The van der Waals surface area contributed by atoms with Crippen LogP contribution in [0.5, 0.6) is 0 Å². The molecule has 168 valence electrons. The van der Waals surface area contributed by atoms with Crippen LogP contribution in [0.4, 0.5) is 5.69 Å². The number of carbonyl (C=O) groups is 1. The van der Waals surface area contributed by atoms with E-state index < -0.39 is 22.5 Å². The van der Waals surface area contributed by atoms with Crippen molar-refractivity contribution in [2.45, 2.75) is 31.2 Å². The van der Waals surface area contributed by atoms with Crippen LogP contribution in [0, 0.1) is 6.92 Å². The van der Waals surface area contributed by atoms with E-state index in [0.717, 1.165) is 15.4 Å². The molecule has 1 amide bonds. The molecule has 8 heteroatoms. The number of rotatable bonds is 8. The smallest absolute Gasteiger partial charge is 0.264 e. The molecule has 0 heterocycles. The predicted octanol–water partition coefficient (Wildman–Crippen LogP) is 5.76. The summed E-state index contributed by atoms with van der Waals surface area (Å²) in [7, 11) is -4.05. The van der Waals surface area contributed by atoms with E-state index in [1.807, 2.05) is 44.2 Å². The Labute approximate surface area is 199 Å². The van der Waals surface area contributed by atoms with Crippen LogP contribution < -0.4 is 9.62 Å². The summed E-state index contributed by atoms with van der Waals surface area (Å²) in [6, 6.07) is 20.2. The van der Waals surface area contributed by atoms with Gasteiger partial charge in [-0.2, -0.15) is 0 Å². The number of benzene rings is 3. The third-order valence-corrected chi connectivity index (χ3v) is 7.20. The highest BCUT2D eigenvalue weighted by molar-refractivity contribution is 7.92. The molecule has 0 saturated heterocycles. The van der Waals surface area contributed by atoms with Crippen molar-refractivity contribution in [1.82, 2.24) is 5.32 Å². The number of sulfonamides is 1. The maximum absolute atomic E-state index is 13.5. The van der Waals surface area contributed by atoms with Crippen molar-refractivity contribution in [3.63, 3.8) is 0 Å². The highest BCUT2D eigenvalue weighted by Gasteiger charge is 2.28. The normalized spacial score (nSPS) is 12.2. The summed E-state index contributed by atoms with van der Waals surface area (Å²) in [4.78, 5) is 13.1. The van der Waals surface area contributed by atoms with E-state index >= 15 is 0 Å². The summed E-state index contributed by atoms with van der Waals surface area (Å²) in [5.41, 5.74) is 2.08. The standard InChI is InChI=1S/C24H24Cl2N2O3S/c1-3-23(18-7-5-4-6-8-18)27-24(29)16-28(21-14-19(25)13-20(26)15-21)32(30,31)22-11-9-17(2)10-12-22/h4-15,23H,3,16H2,1-2H3,(H,27,29)/t23-/m0/s1. The van der Waals surface area contributed by atoms with Gasteiger partial charge in [-0.1, -0.05) is 78.2 Å². The van der Waals surface area contributed by atoms with Crippen LogP contribution in [0.1, 0.15) is 30.5 Å². The van der Waals surface area contributed by atoms with Gasteiger partial charge in [0, 0.05) is 10.0 Å². The molecular formula is C24H24Cl2N2O3S. The number of aryl methyl sites for hydroxylation is 1. The molecule has 32 heavy (non-hydrogen) atoms. The van der Waals surface area contributed by atoms with Gasteiger partial charge in [-0.15, -0.1) is 0 Å². The molecule has 0 aliphatic rings. The highest BCUT2D eigenvalue weighted by atomic mass is 35.5. The Kier molecular flexibility index (Phi) is 7.82. The third kappa shape index (κ3) is 5.82. The molecule has 0 saturated carbocycles. The fourth-order valence-electron chi connectivity index (χ4n) is 3.31. The van der Waals surface area contributed by atoms with Gasteiger partial charge in [0.15, 0.2) is 0 Å². The lowest BCUT2D eigenvalue weighted by Gasteiger charge is -2.26. The monoisotopic (exact) mass is 490 g/mol. The number of amides is 1. The zero-order chi connectivity index (χ0) is 23.3. The van der Waals surface area contributed by atoms with Gasteiger partial charge in [-0.3, -0.25) is 9.10 Å². The van der Waals surface area contributed by atoms with Gasteiger partial charge in [0.25, 0.3) is 10.0 Å². The van der Waals surface area contributed by atoms with Gasteiger partial charge >= 0.3 is 0 Å². The molecule has 3 rings (SSSR count). The SMILES string of the molecule is CC[C@H](NC(=O)CN(c1cc(Cl)cc(Cl)c1)S(=O)(=O)c1ccc(C)cc1)c1ccccc1. The van der Waals surface area contributed by atoms with Gasteiger partial charge in [0.2, 0.25) is 5.91 Å². The maximum atomic E-state index is 13.5. The van der Waals surface area contributed by atoms with E-state index in [1.165, 1.54) is 30.3 Å². The van der Waals surface area contributed by atoms with Crippen molar-refractivity contribution in [3.8, 4) is 0 Å². The van der Waals surface area contributed by atoms with Crippen LogP contribution in [0.3, 0.4) is 0 Å². The molecule has 3 aromatic carbocycles. The molecule has 0 unspecified atom stereocenters. The van der Waals surface area contributed by atoms with Crippen LogP contribution in [0.15, 0.2) is 77.7 Å². The third-order valence-electron chi connectivity index (χ3n) is 4.98. The van der Waals surface area contributed by atoms with Crippen molar-refractivity contribution in [2.75, 3.05) is 10.8 Å². The minimum atomic E-state index is -4.05. The zero-order valence-corrected chi connectivity index (χ0v) is 20.1. The molecule has 1 atom stereocenters. The number of nitrogens with one attached hydrogen (secondary N) is 1. The van der Waals surface area contributed by atoms with Gasteiger partial charge in [-0.05, 0) is 49.2 Å². The molecule has 0 aliphatic carbocycles. The molecule has 0 radical (unpaired) electrons. The van der Waals surface area contributed by atoms with Gasteiger partial charge in [-0.25, -0.2) is 8.42 Å². The van der Waals surface area contributed by atoms with Crippen LogP contribution in [0.25, 0.3) is 0 Å². The lowest BCUT2D eigenvalue weighted by Crippen LogP contribution is -2.42. The van der Waals surface area contributed by atoms with Crippen molar-refractivity contribution in [3.05, 3.63) is 94.0 Å². The second-order valence-corrected chi connectivity index (χ2v) is 10.1. The predicted molar refractivity (Wildman–Crippen MR) is 130 cm³/mol. The van der Waals surface area contributed by atoms with E-state index in [-0.39, 0.29) is 26.7 Å². The van der Waals surface area contributed by atoms with Gasteiger partial charge < -0.3 is 5.32 Å². The number of anilines is 1. The zero-order valence-electron chi connectivity index (χ0n) is 17.8. The van der Waals surface area contributed by atoms with Crippen LogP contribution >= 0.6 is 23.2 Å². The molecule has 3 aromatic rings. The first-order chi connectivity index (χ1) is 15.2. The maximum Gasteiger partial charge on any atom is 0.264 e. The minimum Gasteiger partial charge on any atom is -0.348 e. The van der Waals surface area contributed by atoms with E-state index in [4.69, 9.17) is 23.2 Å². The fourth-order valence-corrected chi connectivity index (χ4v) is 5.23. The summed E-state index contributed by atoms with van der Waals surface area (Å²) in [6.07, 6.45) is 0.656. The van der Waals surface area contributed by atoms with Gasteiger partial charge in [0.1, 0.15) is 6.54 Å². The Morgan fingerprint density at radius 1 is 0.969 bits per heavy atom. The number of carbonyl (C=O) groups excluding carboxylic acids is 1. The second-order valence-electron chi connectivity index (χ2n) is 7.39. The van der Waals surface area contributed by atoms with Crippen molar-refractivity contribution < 1.29 is 13.2 Å². The largest absolute Gasteiger partial charge is 0.348 e. The quantitative estimate of drug-likeness (QED) is 0.436. The highest BCUT2D eigenvalue weighted by Crippen LogP contribution is 2.30. The summed E-state index contributed by atoms with van der Waals surface area (Å²) >= 11 is 12.3. The lowest BCUT2D eigenvalue weighted by atomic mass is 10.0. The molecule has 1 N–H and O–H groups in total. The molecular weight excluding hydrogens is 467 g/mol. The molecule has 0 aliphatic heterocycles. The van der Waals surface area contributed by atoms with E-state index in [9.17, 15) is 13.2 Å². The van der Waals surface area contributed by atoms with Crippen molar-refractivity contribution >= 4 is 44.8 Å². The number of hydrogen-bond acceptors (Lipinski definition) is 3. The summed E-state index contributed by atoms with van der Waals surface area (Å²) in [6.45, 7) is 3.40. The summed E-state index contributed by atoms with van der Waals surface area (Å²) < 4.78 is 28.0. The topological polar surface area (TPSA) is 66.5 Å². The molecule has 0 aromatic heterocycles. The van der Waals surface area contributed by atoms with Crippen LogP contribution in [-0.4, -0.2) is 20.9 Å². The van der Waals surface area contributed by atoms with Crippen LogP contribution in [0.2, 0.25) is 10.0 Å². The summed E-state index contributed by atoms with van der Waals surface area (Å²) in [5.74, 6) is -0.438. The molecule has 0 fully saturated rings. The Hall–Kier alpha value is -2.54. The average Bonchev–Trinajstić information content (AvgIpc) is 2.76. The fraction of sp³-hybridized carbons (Fsp3) is 0.208. The van der Waals surface area contributed by atoms with Gasteiger partial charge in [0.05, 0.1) is 16.6 Å². The molecule has 0 bridgehead atoms. The number of hydrogen-bond donors (Lipinski definition) is 1.